The summed E-state index contributed by atoms with van der Waals surface area (Å²) in [6, 6.07) is 12.9. The number of hydrogen-bond acceptors (Lipinski definition) is 3. The van der Waals surface area contributed by atoms with Gasteiger partial charge >= 0.3 is 0 Å². The molecule has 0 fully saturated rings. The monoisotopic (exact) mass is 368 g/mol. The van der Waals surface area contributed by atoms with E-state index in [1.54, 1.807) is 36.4 Å². The van der Waals surface area contributed by atoms with Gasteiger partial charge in [0.15, 0.2) is 11.5 Å². The number of hydrogen-bond donors (Lipinski definition) is 1. The van der Waals surface area contributed by atoms with E-state index < -0.39 is 11.7 Å². The lowest BCUT2D eigenvalue weighted by Gasteiger charge is -2.30. The van der Waals surface area contributed by atoms with Crippen molar-refractivity contribution in [3.8, 4) is 5.75 Å². The third-order valence-corrected chi connectivity index (χ3v) is 4.30. The number of halogens is 1. The molecule has 1 heterocycles. The first-order chi connectivity index (χ1) is 13.0. The third kappa shape index (κ3) is 4.34. The second-order valence-electron chi connectivity index (χ2n) is 6.40. The quantitative estimate of drug-likeness (QED) is 0.822. The molecule has 6 heteroatoms. The molecule has 0 saturated carbocycles. The predicted molar refractivity (Wildman–Crippen MR) is 102 cm³/mol. The average Bonchev–Trinajstić information content (AvgIpc) is 2.65. The minimum absolute atomic E-state index is 0.0196. The molecule has 0 aromatic heterocycles. The highest BCUT2D eigenvalue weighted by Crippen LogP contribution is 2.35. The Balaban J connectivity index is 1.92. The number of rotatable bonds is 5. The van der Waals surface area contributed by atoms with Crippen molar-refractivity contribution < 1.29 is 18.7 Å². The molecule has 140 valence electrons. The first-order valence-corrected chi connectivity index (χ1v) is 8.83. The summed E-state index contributed by atoms with van der Waals surface area (Å²) in [5, 5.41) is 2.86. The van der Waals surface area contributed by atoms with Crippen molar-refractivity contribution in [2.24, 2.45) is 0 Å². The summed E-state index contributed by atoms with van der Waals surface area (Å²) in [4.78, 5) is 26.6. The van der Waals surface area contributed by atoms with Crippen LogP contribution >= 0.6 is 0 Å². The summed E-state index contributed by atoms with van der Waals surface area (Å²) in [7, 11) is 0. The Morgan fingerprint density at radius 3 is 2.78 bits per heavy atom. The molecule has 2 aromatic rings. The number of anilines is 1. The number of fused-ring (bicyclic) bond motifs is 1. The van der Waals surface area contributed by atoms with Crippen LogP contribution in [0.25, 0.3) is 6.08 Å². The lowest BCUT2D eigenvalue weighted by Crippen LogP contribution is -2.46. The third-order valence-electron chi connectivity index (χ3n) is 4.30. The number of carbonyl (C=O) groups excluding carboxylic acids is 2. The molecular weight excluding hydrogens is 347 g/mol. The van der Waals surface area contributed by atoms with E-state index in [-0.39, 0.29) is 24.3 Å². The van der Waals surface area contributed by atoms with Crippen molar-refractivity contribution in [1.29, 1.82) is 0 Å². The number of benzene rings is 2. The van der Waals surface area contributed by atoms with Crippen molar-refractivity contribution in [3.63, 3.8) is 0 Å². The van der Waals surface area contributed by atoms with Crippen LogP contribution in [0.3, 0.4) is 0 Å². The van der Waals surface area contributed by atoms with E-state index in [2.05, 4.69) is 5.32 Å². The van der Waals surface area contributed by atoms with Gasteiger partial charge < -0.3 is 10.1 Å². The van der Waals surface area contributed by atoms with E-state index in [1.807, 2.05) is 13.8 Å². The van der Waals surface area contributed by atoms with E-state index in [0.29, 0.717) is 17.0 Å². The summed E-state index contributed by atoms with van der Waals surface area (Å²) >= 11 is 0. The lowest BCUT2D eigenvalue weighted by molar-refractivity contribution is -0.123. The van der Waals surface area contributed by atoms with Gasteiger partial charge in [0.05, 0.1) is 5.69 Å². The van der Waals surface area contributed by atoms with E-state index in [1.165, 1.54) is 23.1 Å². The highest BCUT2D eigenvalue weighted by Gasteiger charge is 2.31. The number of ether oxygens (including phenoxy) is 1. The Bertz CT molecular complexity index is 895. The molecule has 27 heavy (non-hydrogen) atoms. The van der Waals surface area contributed by atoms with Gasteiger partial charge in [-0.15, -0.1) is 0 Å². The highest BCUT2D eigenvalue weighted by atomic mass is 19.1. The maximum Gasteiger partial charge on any atom is 0.294 e. The average molecular weight is 368 g/mol. The molecule has 0 bridgehead atoms. The maximum absolute atomic E-state index is 13.4. The Morgan fingerprint density at radius 1 is 1.26 bits per heavy atom. The summed E-state index contributed by atoms with van der Waals surface area (Å²) < 4.78 is 19.2. The molecule has 2 amide bonds. The minimum Gasteiger partial charge on any atom is -0.449 e. The number of amides is 2. The van der Waals surface area contributed by atoms with Crippen molar-refractivity contribution >= 4 is 23.6 Å². The Kier molecular flexibility index (Phi) is 5.54. The smallest absolute Gasteiger partial charge is 0.294 e. The normalized spacial score (nSPS) is 15.9. The maximum atomic E-state index is 13.4. The van der Waals surface area contributed by atoms with Crippen LogP contribution < -0.4 is 15.0 Å². The minimum atomic E-state index is -0.447. The molecule has 0 aliphatic carbocycles. The second-order valence-corrected chi connectivity index (χ2v) is 6.40. The van der Waals surface area contributed by atoms with Gasteiger partial charge in [0.25, 0.3) is 5.91 Å². The first kappa shape index (κ1) is 18.6. The van der Waals surface area contributed by atoms with Crippen LogP contribution in [0.2, 0.25) is 0 Å². The van der Waals surface area contributed by atoms with E-state index in [0.717, 1.165) is 6.42 Å². The molecular formula is C21H21FN2O3. The van der Waals surface area contributed by atoms with Crippen LogP contribution in [0.15, 0.2) is 54.3 Å². The summed E-state index contributed by atoms with van der Waals surface area (Å²) in [5.41, 5.74) is 1.03. The van der Waals surface area contributed by atoms with E-state index in [9.17, 15) is 14.0 Å². The van der Waals surface area contributed by atoms with Crippen molar-refractivity contribution in [1.82, 2.24) is 5.32 Å². The fraction of sp³-hybridized carbons (Fsp3) is 0.238. The van der Waals surface area contributed by atoms with Gasteiger partial charge in [-0.05, 0) is 49.2 Å². The van der Waals surface area contributed by atoms with Crippen LogP contribution in [0.1, 0.15) is 25.8 Å². The largest absolute Gasteiger partial charge is 0.449 e. The van der Waals surface area contributed by atoms with Gasteiger partial charge in [0, 0.05) is 6.04 Å². The van der Waals surface area contributed by atoms with Crippen molar-refractivity contribution in [2.45, 2.75) is 26.3 Å². The van der Waals surface area contributed by atoms with Crippen LogP contribution in [0, 0.1) is 5.82 Å². The molecule has 1 N–H and O–H groups in total. The molecule has 0 spiro atoms. The molecule has 1 aliphatic heterocycles. The van der Waals surface area contributed by atoms with E-state index in [4.69, 9.17) is 4.74 Å². The number of carbonyl (C=O) groups is 2. The summed E-state index contributed by atoms with van der Waals surface area (Å²) in [6.07, 6.45) is 2.27. The standard InChI is InChI=1S/C21H21FN2O3/c1-3-14(2)23-20(25)13-24-17-9-4-5-10-18(17)27-19(21(24)26)12-15-7-6-8-16(22)11-15/h4-12,14H,3,13H2,1-2H3,(H,23,25). The molecule has 1 aliphatic rings. The zero-order valence-corrected chi connectivity index (χ0v) is 15.2. The SMILES string of the molecule is CCC(C)NC(=O)CN1C(=O)C(=Cc2cccc(F)c2)Oc2ccccc21. The highest BCUT2D eigenvalue weighted by molar-refractivity contribution is 6.12. The van der Waals surface area contributed by atoms with Gasteiger partial charge in [0.1, 0.15) is 12.4 Å². The van der Waals surface area contributed by atoms with Gasteiger partial charge in [-0.25, -0.2) is 4.39 Å². The zero-order chi connectivity index (χ0) is 19.4. The molecule has 0 saturated heterocycles. The van der Waals surface area contributed by atoms with Crippen molar-refractivity contribution in [2.75, 3.05) is 11.4 Å². The van der Waals surface area contributed by atoms with Gasteiger partial charge in [-0.1, -0.05) is 31.2 Å². The van der Waals surface area contributed by atoms with Crippen LogP contribution in [-0.2, 0) is 9.59 Å². The molecule has 2 aromatic carbocycles. The lowest BCUT2D eigenvalue weighted by atomic mass is 10.1. The Morgan fingerprint density at radius 2 is 2.04 bits per heavy atom. The predicted octanol–water partition coefficient (Wildman–Crippen LogP) is 3.51. The molecule has 1 unspecified atom stereocenters. The molecule has 3 rings (SSSR count). The van der Waals surface area contributed by atoms with Crippen LogP contribution in [0.4, 0.5) is 10.1 Å². The van der Waals surface area contributed by atoms with Crippen molar-refractivity contribution in [3.05, 3.63) is 65.7 Å². The van der Waals surface area contributed by atoms with Crippen LogP contribution in [0.5, 0.6) is 5.75 Å². The van der Waals surface area contributed by atoms with Gasteiger partial charge in [-0.3, -0.25) is 14.5 Å². The number of nitrogens with one attached hydrogen (secondary N) is 1. The number of para-hydroxylation sites is 2. The Labute approximate surface area is 157 Å². The first-order valence-electron chi connectivity index (χ1n) is 8.83. The number of nitrogens with zero attached hydrogens (tertiary/aromatic N) is 1. The topological polar surface area (TPSA) is 58.6 Å². The summed E-state index contributed by atoms with van der Waals surface area (Å²) in [5.74, 6) is -0.596. The van der Waals surface area contributed by atoms with E-state index >= 15 is 0 Å². The molecule has 5 nitrogen and oxygen atoms in total. The fourth-order valence-corrected chi connectivity index (χ4v) is 2.73. The van der Waals surface area contributed by atoms with Gasteiger partial charge in [-0.2, -0.15) is 0 Å². The second kappa shape index (κ2) is 8.03. The fourth-order valence-electron chi connectivity index (χ4n) is 2.73. The zero-order valence-electron chi connectivity index (χ0n) is 15.2. The molecule has 1 atom stereocenters. The molecule has 0 radical (unpaired) electrons. The van der Waals surface area contributed by atoms with Gasteiger partial charge in [0.2, 0.25) is 5.91 Å². The summed E-state index contributed by atoms with van der Waals surface area (Å²) in [6.45, 7) is 3.76. The van der Waals surface area contributed by atoms with Crippen LogP contribution in [-0.4, -0.2) is 24.4 Å². The Hall–Kier alpha value is -3.15.